The third-order valence-corrected chi connectivity index (χ3v) is 3.45. The fourth-order valence-electron chi connectivity index (χ4n) is 2.61. The lowest BCUT2D eigenvalue weighted by Crippen LogP contribution is -1.97. The largest absolute Gasteiger partial charge is 0.340 e. The Kier molecular flexibility index (Phi) is 3.01. The van der Waals surface area contributed by atoms with E-state index in [0.29, 0.717) is 6.42 Å². The van der Waals surface area contributed by atoms with Crippen LogP contribution < -0.4 is 0 Å². The number of rotatable bonds is 4. The molecule has 0 atom stereocenters. The van der Waals surface area contributed by atoms with Gasteiger partial charge in [-0.1, -0.05) is 36.4 Å². The van der Waals surface area contributed by atoms with Gasteiger partial charge in [-0.25, -0.2) is 0 Å². The van der Waals surface area contributed by atoms with Gasteiger partial charge in [-0.2, -0.15) is 0 Å². The third-order valence-electron chi connectivity index (χ3n) is 3.45. The first-order valence-electron chi connectivity index (χ1n) is 6.44. The van der Waals surface area contributed by atoms with E-state index in [0.717, 1.165) is 13.0 Å². The van der Waals surface area contributed by atoms with Crippen molar-refractivity contribution in [2.45, 2.75) is 19.4 Å². The van der Waals surface area contributed by atoms with Crippen LogP contribution in [0.5, 0.6) is 0 Å². The average Bonchev–Trinajstić information content (AvgIpc) is 2.74. The number of fused-ring (bicyclic) bond motifs is 3. The minimum absolute atomic E-state index is 0.225. The second-order valence-electron chi connectivity index (χ2n) is 4.58. The molecule has 3 aromatic rings. The number of para-hydroxylation sites is 2. The van der Waals surface area contributed by atoms with Crippen LogP contribution in [-0.2, 0) is 6.54 Å². The van der Waals surface area contributed by atoms with Crippen molar-refractivity contribution in [1.29, 1.82) is 0 Å². The maximum Gasteiger partial charge on any atom is 0.0895 e. The van der Waals surface area contributed by atoms with Crippen molar-refractivity contribution in [3.8, 4) is 0 Å². The smallest absolute Gasteiger partial charge is 0.0895 e. The minimum Gasteiger partial charge on any atom is -0.340 e. The first kappa shape index (κ1) is 11.3. The molecule has 0 saturated carbocycles. The molecule has 2 aromatic carbocycles. The van der Waals surface area contributed by atoms with E-state index < -0.39 is 0 Å². The quantitative estimate of drug-likeness (QED) is 0.591. The van der Waals surface area contributed by atoms with E-state index in [1.54, 1.807) is 0 Å². The topological polar surface area (TPSA) is 4.93 Å². The number of halogens is 1. The molecule has 0 unspecified atom stereocenters. The molecule has 0 amide bonds. The molecule has 1 nitrogen and oxygen atoms in total. The van der Waals surface area contributed by atoms with Crippen molar-refractivity contribution in [2.75, 3.05) is 6.67 Å². The number of alkyl halides is 1. The highest BCUT2D eigenvalue weighted by Crippen LogP contribution is 2.28. The molecular weight excluding hydrogens is 225 g/mol. The van der Waals surface area contributed by atoms with Crippen LogP contribution in [0, 0.1) is 0 Å². The van der Waals surface area contributed by atoms with Crippen LogP contribution in [0.3, 0.4) is 0 Å². The van der Waals surface area contributed by atoms with Gasteiger partial charge in [-0.15, -0.1) is 0 Å². The summed E-state index contributed by atoms with van der Waals surface area (Å²) in [5, 5.41) is 2.57. The summed E-state index contributed by atoms with van der Waals surface area (Å²) in [6, 6.07) is 16.9. The summed E-state index contributed by atoms with van der Waals surface area (Å²) in [6.45, 7) is 0.662. The van der Waals surface area contributed by atoms with Crippen LogP contribution in [0.25, 0.3) is 21.8 Å². The van der Waals surface area contributed by atoms with Crippen molar-refractivity contribution < 1.29 is 4.39 Å². The number of hydrogen-bond donors (Lipinski definition) is 0. The lowest BCUT2D eigenvalue weighted by atomic mass is 10.2. The Hall–Kier alpha value is -1.83. The summed E-state index contributed by atoms with van der Waals surface area (Å²) in [7, 11) is 0. The minimum atomic E-state index is -0.225. The van der Waals surface area contributed by atoms with E-state index in [1.807, 2.05) is 0 Å². The van der Waals surface area contributed by atoms with E-state index in [1.165, 1.54) is 21.8 Å². The summed E-state index contributed by atoms with van der Waals surface area (Å²) in [4.78, 5) is 0. The van der Waals surface area contributed by atoms with E-state index in [9.17, 15) is 4.39 Å². The van der Waals surface area contributed by atoms with Gasteiger partial charge in [0.2, 0.25) is 0 Å². The van der Waals surface area contributed by atoms with Crippen LogP contribution in [-0.4, -0.2) is 11.2 Å². The molecule has 0 spiro atoms. The highest BCUT2D eigenvalue weighted by Gasteiger charge is 2.08. The predicted molar refractivity (Wildman–Crippen MR) is 74.7 cm³/mol. The van der Waals surface area contributed by atoms with Gasteiger partial charge in [0, 0.05) is 28.4 Å². The van der Waals surface area contributed by atoms with Crippen molar-refractivity contribution in [1.82, 2.24) is 4.57 Å². The molecule has 0 aliphatic heterocycles. The first-order chi connectivity index (χ1) is 8.92. The third kappa shape index (κ3) is 1.78. The van der Waals surface area contributed by atoms with Crippen molar-refractivity contribution in [2.24, 2.45) is 0 Å². The Bertz CT molecular complexity index is 616. The monoisotopic (exact) mass is 241 g/mol. The van der Waals surface area contributed by atoms with Gasteiger partial charge in [0.05, 0.1) is 6.67 Å². The van der Waals surface area contributed by atoms with E-state index in [2.05, 4.69) is 53.1 Å². The molecular formula is C16H16FN. The standard InChI is InChI=1S/C16H16FN/c17-11-5-6-12-18-15-9-3-1-7-13(15)14-8-2-4-10-16(14)18/h1-4,7-10H,5-6,11-12H2. The Balaban J connectivity index is 2.18. The number of benzene rings is 2. The van der Waals surface area contributed by atoms with Crippen LogP contribution in [0.2, 0.25) is 0 Å². The van der Waals surface area contributed by atoms with Gasteiger partial charge in [0.25, 0.3) is 0 Å². The zero-order valence-corrected chi connectivity index (χ0v) is 10.3. The summed E-state index contributed by atoms with van der Waals surface area (Å²) < 4.78 is 14.5. The van der Waals surface area contributed by atoms with Gasteiger partial charge >= 0.3 is 0 Å². The predicted octanol–water partition coefficient (Wildman–Crippen LogP) is 4.54. The maximum atomic E-state index is 12.2. The Morgan fingerprint density at radius 1 is 0.778 bits per heavy atom. The second kappa shape index (κ2) is 4.81. The fraction of sp³-hybridized carbons (Fsp3) is 0.250. The zero-order valence-electron chi connectivity index (χ0n) is 10.3. The van der Waals surface area contributed by atoms with Crippen molar-refractivity contribution >= 4 is 21.8 Å². The molecule has 18 heavy (non-hydrogen) atoms. The number of unbranched alkanes of at least 4 members (excludes halogenated alkanes) is 1. The molecule has 92 valence electrons. The van der Waals surface area contributed by atoms with E-state index in [4.69, 9.17) is 0 Å². The fourth-order valence-corrected chi connectivity index (χ4v) is 2.61. The maximum absolute atomic E-state index is 12.2. The lowest BCUT2D eigenvalue weighted by molar-refractivity contribution is 0.451. The summed E-state index contributed by atoms with van der Waals surface area (Å²) in [6.07, 6.45) is 1.53. The Morgan fingerprint density at radius 2 is 1.33 bits per heavy atom. The van der Waals surface area contributed by atoms with Crippen LogP contribution >= 0.6 is 0 Å². The normalized spacial score (nSPS) is 11.4. The summed E-state index contributed by atoms with van der Waals surface area (Å²) >= 11 is 0. The van der Waals surface area contributed by atoms with Gasteiger partial charge in [0.15, 0.2) is 0 Å². The van der Waals surface area contributed by atoms with E-state index in [-0.39, 0.29) is 6.67 Å². The van der Waals surface area contributed by atoms with Gasteiger partial charge < -0.3 is 4.57 Å². The van der Waals surface area contributed by atoms with E-state index >= 15 is 0 Å². The van der Waals surface area contributed by atoms with Gasteiger partial charge in [-0.3, -0.25) is 4.39 Å². The number of aromatic nitrogens is 1. The highest BCUT2D eigenvalue weighted by atomic mass is 19.1. The number of nitrogens with zero attached hydrogens (tertiary/aromatic N) is 1. The molecule has 0 aliphatic carbocycles. The summed E-state index contributed by atoms with van der Waals surface area (Å²) in [5.41, 5.74) is 2.50. The first-order valence-corrected chi connectivity index (χ1v) is 6.44. The lowest BCUT2D eigenvalue weighted by Gasteiger charge is -2.06. The molecule has 0 radical (unpaired) electrons. The molecule has 0 saturated heterocycles. The highest BCUT2D eigenvalue weighted by molar-refractivity contribution is 6.07. The Labute approximate surface area is 106 Å². The zero-order chi connectivity index (χ0) is 12.4. The number of hydrogen-bond acceptors (Lipinski definition) is 0. The SMILES string of the molecule is FCCCCn1c2ccccc2c2ccccc21. The molecule has 0 bridgehead atoms. The molecule has 0 N–H and O–H groups in total. The van der Waals surface area contributed by atoms with Crippen LogP contribution in [0.4, 0.5) is 4.39 Å². The van der Waals surface area contributed by atoms with Crippen LogP contribution in [0.15, 0.2) is 48.5 Å². The molecule has 3 rings (SSSR count). The van der Waals surface area contributed by atoms with Crippen molar-refractivity contribution in [3.05, 3.63) is 48.5 Å². The van der Waals surface area contributed by atoms with Crippen molar-refractivity contribution in [3.63, 3.8) is 0 Å². The molecule has 1 heterocycles. The number of aryl methyl sites for hydroxylation is 1. The second-order valence-corrected chi connectivity index (χ2v) is 4.58. The molecule has 0 aliphatic rings. The average molecular weight is 241 g/mol. The van der Waals surface area contributed by atoms with Crippen LogP contribution in [0.1, 0.15) is 12.8 Å². The van der Waals surface area contributed by atoms with Gasteiger partial charge in [0.1, 0.15) is 0 Å². The molecule has 2 heteroatoms. The van der Waals surface area contributed by atoms with Gasteiger partial charge in [-0.05, 0) is 25.0 Å². The molecule has 1 aromatic heterocycles. The Morgan fingerprint density at radius 3 is 1.89 bits per heavy atom. The molecule has 0 fully saturated rings. The summed E-state index contributed by atoms with van der Waals surface area (Å²) in [5.74, 6) is 0.